The van der Waals surface area contributed by atoms with E-state index in [1.165, 1.54) is 4.90 Å². The van der Waals surface area contributed by atoms with Crippen LogP contribution in [0.25, 0.3) is 0 Å². The summed E-state index contributed by atoms with van der Waals surface area (Å²) in [5.41, 5.74) is 3.07. The zero-order valence-electron chi connectivity index (χ0n) is 16.7. The largest absolute Gasteiger partial charge is 0.299 e. The number of anilines is 1. The summed E-state index contributed by atoms with van der Waals surface area (Å²) in [7, 11) is 0. The van der Waals surface area contributed by atoms with Crippen LogP contribution in [-0.4, -0.2) is 17.6 Å². The minimum absolute atomic E-state index is 0.0993. The van der Waals surface area contributed by atoms with Crippen LogP contribution in [0.3, 0.4) is 0 Å². The summed E-state index contributed by atoms with van der Waals surface area (Å²) < 4.78 is 0.788. The summed E-state index contributed by atoms with van der Waals surface area (Å²) in [6, 6.07) is 22.8. The quantitative estimate of drug-likeness (QED) is 0.513. The van der Waals surface area contributed by atoms with Crippen LogP contribution < -0.4 is 4.90 Å². The first kappa shape index (κ1) is 18.7. The molecule has 3 aliphatic carbocycles. The van der Waals surface area contributed by atoms with E-state index in [0.29, 0.717) is 5.69 Å². The highest BCUT2D eigenvalue weighted by Crippen LogP contribution is 2.64. The van der Waals surface area contributed by atoms with Crippen molar-refractivity contribution >= 4 is 39.2 Å². The molecule has 31 heavy (non-hydrogen) atoms. The van der Waals surface area contributed by atoms with Gasteiger partial charge in [0.1, 0.15) is 5.78 Å². The minimum Gasteiger partial charge on any atom is -0.299 e. The van der Waals surface area contributed by atoms with Gasteiger partial charge in [0.15, 0.2) is 0 Å². The zero-order valence-corrected chi connectivity index (χ0v) is 18.3. The molecule has 1 saturated heterocycles. The molecule has 1 aliphatic heterocycles. The van der Waals surface area contributed by atoms with Gasteiger partial charge >= 0.3 is 0 Å². The average molecular weight is 472 g/mol. The maximum Gasteiger partial charge on any atom is 0.239 e. The maximum atomic E-state index is 13.9. The van der Waals surface area contributed by atoms with E-state index in [1.807, 2.05) is 54.6 Å². The van der Waals surface area contributed by atoms with Crippen LogP contribution in [0.4, 0.5) is 5.69 Å². The normalized spacial score (nSPS) is 27.7. The number of ketones is 1. The number of nitrogens with zero attached hydrogens (tertiary/aromatic N) is 1. The lowest BCUT2D eigenvalue weighted by atomic mass is 9.46. The molecule has 2 bridgehead atoms. The number of benzene rings is 3. The number of carbonyl (C=O) groups excluding carboxylic acids is 3. The van der Waals surface area contributed by atoms with Crippen LogP contribution >= 0.6 is 15.9 Å². The number of carbonyl (C=O) groups is 3. The summed E-state index contributed by atoms with van der Waals surface area (Å²) in [5.74, 6) is -2.21. The molecule has 3 aromatic carbocycles. The van der Waals surface area contributed by atoms with Gasteiger partial charge in [0.05, 0.1) is 22.9 Å². The van der Waals surface area contributed by atoms with Crippen LogP contribution in [-0.2, 0) is 19.8 Å². The molecule has 2 atom stereocenters. The van der Waals surface area contributed by atoms with Gasteiger partial charge in [0.25, 0.3) is 0 Å². The molecule has 0 unspecified atom stereocenters. The molecule has 152 valence electrons. The first-order chi connectivity index (χ1) is 15.0. The van der Waals surface area contributed by atoms with Gasteiger partial charge in [-0.25, -0.2) is 4.90 Å². The molecule has 0 saturated carbocycles. The number of amides is 2. The van der Waals surface area contributed by atoms with Crippen LogP contribution in [0.1, 0.15) is 35.1 Å². The second-order valence-corrected chi connectivity index (χ2v) is 9.43. The van der Waals surface area contributed by atoms with Gasteiger partial charge in [-0.1, -0.05) is 70.5 Å². The van der Waals surface area contributed by atoms with E-state index in [-0.39, 0.29) is 23.5 Å². The number of rotatable bonds is 2. The average Bonchev–Trinajstić information content (AvgIpc) is 3.04. The Hall–Kier alpha value is -3.05. The van der Waals surface area contributed by atoms with E-state index in [0.717, 1.165) is 26.7 Å². The lowest BCUT2D eigenvalue weighted by Gasteiger charge is -2.52. The molecule has 5 heteroatoms. The monoisotopic (exact) mass is 471 g/mol. The van der Waals surface area contributed by atoms with Crippen molar-refractivity contribution in [1.29, 1.82) is 0 Å². The molecule has 0 radical (unpaired) electrons. The van der Waals surface area contributed by atoms with Gasteiger partial charge in [0.2, 0.25) is 11.8 Å². The zero-order chi connectivity index (χ0) is 21.5. The highest BCUT2D eigenvalue weighted by Gasteiger charge is 2.69. The van der Waals surface area contributed by atoms with Crippen molar-refractivity contribution in [3.05, 3.63) is 99.5 Å². The number of halogens is 1. The smallest absolute Gasteiger partial charge is 0.239 e. The molecule has 1 heterocycles. The Labute approximate surface area is 188 Å². The SMILES string of the molecule is CC(=O)C12c3ccccc3C(c3ccccc31)[C@@H]1C(=O)N(c3cccc(Br)c3)C(=O)[C@H]12. The molecule has 1 fully saturated rings. The highest BCUT2D eigenvalue weighted by atomic mass is 79.9. The molecular weight excluding hydrogens is 454 g/mol. The fraction of sp³-hybridized carbons (Fsp3) is 0.192. The van der Waals surface area contributed by atoms with Crippen molar-refractivity contribution in [1.82, 2.24) is 0 Å². The Balaban J connectivity index is 1.68. The molecule has 0 spiro atoms. The molecule has 7 rings (SSSR count). The summed E-state index contributed by atoms with van der Waals surface area (Å²) in [6.45, 7) is 1.55. The van der Waals surface area contributed by atoms with Crippen molar-refractivity contribution in [2.45, 2.75) is 18.3 Å². The van der Waals surface area contributed by atoms with Crippen LogP contribution in [0.15, 0.2) is 77.3 Å². The summed E-state index contributed by atoms with van der Waals surface area (Å²) >= 11 is 3.44. The fourth-order valence-corrected chi connectivity index (χ4v) is 6.63. The number of hydrogen-bond acceptors (Lipinski definition) is 3. The third kappa shape index (κ3) is 2.12. The topological polar surface area (TPSA) is 54.5 Å². The predicted octanol–water partition coefficient (Wildman–Crippen LogP) is 4.59. The van der Waals surface area contributed by atoms with Gasteiger partial charge in [-0.05, 0) is 47.4 Å². The third-order valence-electron chi connectivity index (χ3n) is 7.24. The first-order valence-electron chi connectivity index (χ1n) is 10.3. The Morgan fingerprint density at radius 3 is 2.06 bits per heavy atom. The first-order valence-corrected chi connectivity index (χ1v) is 11.1. The van der Waals surface area contributed by atoms with Gasteiger partial charge in [-0.15, -0.1) is 0 Å². The highest BCUT2D eigenvalue weighted by molar-refractivity contribution is 9.10. The molecule has 0 N–H and O–H groups in total. The van der Waals surface area contributed by atoms with Gasteiger partial charge in [0, 0.05) is 10.4 Å². The number of hydrogen-bond donors (Lipinski definition) is 0. The Bertz CT molecular complexity index is 1270. The summed E-state index contributed by atoms with van der Waals surface area (Å²) in [5, 5.41) is 0. The third-order valence-corrected chi connectivity index (χ3v) is 7.73. The van der Waals surface area contributed by atoms with Gasteiger partial charge in [-0.3, -0.25) is 14.4 Å². The standard InChI is InChI=1S/C26H18BrNO3/c1-14(29)26-19-11-4-2-9-17(19)21(18-10-3-5-12-20(18)26)22-23(26)25(31)28(24(22)30)16-8-6-7-15(27)13-16/h2-13,21-23H,1H3/t21?,22-,23-,26?/m0/s1. The fourth-order valence-electron chi connectivity index (χ4n) is 6.24. The molecular formula is C26H18BrNO3. The molecule has 4 nitrogen and oxygen atoms in total. The Morgan fingerprint density at radius 1 is 0.871 bits per heavy atom. The lowest BCUT2D eigenvalue weighted by Crippen LogP contribution is -2.57. The maximum absolute atomic E-state index is 13.9. The van der Waals surface area contributed by atoms with Crippen LogP contribution in [0, 0.1) is 11.8 Å². The van der Waals surface area contributed by atoms with Crippen molar-refractivity contribution in [2.75, 3.05) is 4.90 Å². The lowest BCUT2D eigenvalue weighted by molar-refractivity contribution is -0.132. The van der Waals surface area contributed by atoms with E-state index < -0.39 is 17.3 Å². The van der Waals surface area contributed by atoms with E-state index in [4.69, 9.17) is 0 Å². The second kappa shape index (κ2) is 6.24. The van der Waals surface area contributed by atoms with Gasteiger partial charge in [-0.2, -0.15) is 0 Å². The van der Waals surface area contributed by atoms with E-state index in [1.54, 1.807) is 25.1 Å². The van der Waals surface area contributed by atoms with Crippen molar-refractivity contribution in [2.24, 2.45) is 11.8 Å². The second-order valence-electron chi connectivity index (χ2n) is 8.51. The predicted molar refractivity (Wildman–Crippen MR) is 120 cm³/mol. The Kier molecular flexibility index (Phi) is 3.76. The van der Waals surface area contributed by atoms with Crippen molar-refractivity contribution in [3.63, 3.8) is 0 Å². The molecule has 4 aliphatic rings. The minimum atomic E-state index is -1.15. The van der Waals surface area contributed by atoms with Crippen molar-refractivity contribution in [3.8, 4) is 0 Å². The summed E-state index contributed by atoms with van der Waals surface area (Å²) in [6.07, 6.45) is 0. The Morgan fingerprint density at radius 2 is 1.48 bits per heavy atom. The van der Waals surface area contributed by atoms with E-state index in [9.17, 15) is 14.4 Å². The summed E-state index contributed by atoms with van der Waals surface area (Å²) in [4.78, 5) is 42.5. The van der Waals surface area contributed by atoms with E-state index >= 15 is 0 Å². The molecule has 2 amide bonds. The van der Waals surface area contributed by atoms with Crippen LogP contribution in [0.2, 0.25) is 0 Å². The number of Topliss-reactive ketones (excluding diaryl/α,β-unsaturated/α-hetero) is 1. The molecule has 0 aromatic heterocycles. The molecule has 3 aromatic rings. The van der Waals surface area contributed by atoms with Gasteiger partial charge < -0.3 is 0 Å². The van der Waals surface area contributed by atoms with Crippen molar-refractivity contribution < 1.29 is 14.4 Å². The van der Waals surface area contributed by atoms with Crippen LogP contribution in [0.5, 0.6) is 0 Å². The number of imide groups is 1. The van der Waals surface area contributed by atoms with E-state index in [2.05, 4.69) is 15.9 Å².